The summed E-state index contributed by atoms with van der Waals surface area (Å²) in [4.78, 5) is 25.3. The van der Waals surface area contributed by atoms with Crippen LogP contribution in [0.3, 0.4) is 0 Å². The number of carbonyl (C=O) groups is 2. The molecule has 0 aromatic carbocycles. The second-order valence-electron chi connectivity index (χ2n) is 7.06. The van der Waals surface area contributed by atoms with Gasteiger partial charge in [-0.25, -0.2) is 9.59 Å². The second-order valence-corrected chi connectivity index (χ2v) is 7.06. The molecule has 0 aromatic rings. The first-order valence-electron chi connectivity index (χ1n) is 8.53. The van der Waals surface area contributed by atoms with Gasteiger partial charge in [0.1, 0.15) is 0 Å². The minimum atomic E-state index is -0.427. The van der Waals surface area contributed by atoms with Crippen LogP contribution in [0, 0.1) is 5.92 Å². The average Bonchev–Trinajstić information content (AvgIpc) is 2.43. The lowest BCUT2D eigenvalue weighted by Crippen LogP contribution is -2.46. The summed E-state index contributed by atoms with van der Waals surface area (Å²) in [5.74, 6) is 0.313. The lowest BCUT2D eigenvalue weighted by atomic mass is 10.1. The van der Waals surface area contributed by atoms with Crippen LogP contribution in [0.5, 0.6) is 0 Å². The Balaban J connectivity index is 3.97. The van der Waals surface area contributed by atoms with Crippen molar-refractivity contribution in [2.45, 2.75) is 66.3 Å². The molecule has 0 spiro atoms. The fourth-order valence-electron chi connectivity index (χ4n) is 1.81. The minimum Gasteiger partial charge on any atom is -0.449 e. The third kappa shape index (κ3) is 10.8. The number of hydrogen-bond acceptors (Lipinski definition) is 4. The van der Waals surface area contributed by atoms with Gasteiger partial charge in [0, 0.05) is 18.6 Å². The van der Waals surface area contributed by atoms with Crippen LogP contribution < -0.4 is 5.32 Å². The molecule has 0 aliphatic heterocycles. The van der Waals surface area contributed by atoms with E-state index in [1.807, 2.05) is 34.6 Å². The van der Waals surface area contributed by atoms with Gasteiger partial charge < -0.3 is 19.7 Å². The molecule has 6 nitrogen and oxygen atoms in total. The number of nitrogens with one attached hydrogen (secondary N) is 1. The van der Waals surface area contributed by atoms with Gasteiger partial charge in [-0.1, -0.05) is 27.2 Å². The van der Waals surface area contributed by atoms with E-state index >= 15 is 0 Å². The quantitative estimate of drug-likeness (QED) is 0.653. The Hall–Kier alpha value is -1.46. The van der Waals surface area contributed by atoms with Crippen LogP contribution in [-0.4, -0.2) is 48.9 Å². The highest BCUT2D eigenvalue weighted by Crippen LogP contribution is 2.15. The normalized spacial score (nSPS) is 11.3. The fraction of sp³-hybridized carbons (Fsp3) is 0.882. The zero-order chi connectivity index (χ0) is 17.9. The number of hydrogen-bond donors (Lipinski definition) is 1. The molecule has 0 aliphatic carbocycles. The standard InChI is InChI=1S/C17H34N2O4/c1-7-8-11-19(17(4,5)6)16(21)22-12-9-10-18-15(20)23-13-14(2)3/h14H,7-13H2,1-6H3,(H,18,20). The van der Waals surface area contributed by atoms with Gasteiger partial charge in [0.05, 0.1) is 13.2 Å². The smallest absolute Gasteiger partial charge is 0.410 e. The SMILES string of the molecule is CCCCN(C(=O)OCCCNC(=O)OCC(C)C)C(C)(C)C. The Morgan fingerprint density at radius 3 is 2.30 bits per heavy atom. The first-order valence-corrected chi connectivity index (χ1v) is 8.53. The van der Waals surface area contributed by atoms with Crippen molar-refractivity contribution in [3.8, 4) is 0 Å². The van der Waals surface area contributed by atoms with Gasteiger partial charge in [0.15, 0.2) is 0 Å². The summed E-state index contributed by atoms with van der Waals surface area (Å²) in [5, 5.41) is 2.64. The first-order chi connectivity index (χ1) is 10.7. The zero-order valence-corrected chi connectivity index (χ0v) is 15.6. The van der Waals surface area contributed by atoms with Crippen molar-refractivity contribution >= 4 is 12.2 Å². The molecule has 1 N–H and O–H groups in total. The molecule has 0 saturated heterocycles. The molecule has 0 aliphatic rings. The number of unbranched alkanes of at least 4 members (excludes halogenated alkanes) is 1. The molecular weight excluding hydrogens is 296 g/mol. The van der Waals surface area contributed by atoms with Gasteiger partial charge in [-0.05, 0) is 39.5 Å². The topological polar surface area (TPSA) is 67.9 Å². The Bertz CT molecular complexity index is 351. The van der Waals surface area contributed by atoms with Crippen LogP contribution in [0.2, 0.25) is 0 Å². The van der Waals surface area contributed by atoms with Crippen molar-refractivity contribution in [1.29, 1.82) is 0 Å². The lowest BCUT2D eigenvalue weighted by molar-refractivity contribution is 0.0662. The maximum absolute atomic E-state index is 12.2. The fourth-order valence-corrected chi connectivity index (χ4v) is 1.81. The number of ether oxygens (including phenoxy) is 2. The summed E-state index contributed by atoms with van der Waals surface area (Å²) < 4.78 is 10.3. The molecule has 136 valence electrons. The van der Waals surface area contributed by atoms with Crippen molar-refractivity contribution in [2.75, 3.05) is 26.3 Å². The van der Waals surface area contributed by atoms with E-state index in [0.29, 0.717) is 32.0 Å². The summed E-state index contributed by atoms with van der Waals surface area (Å²) in [6.45, 7) is 13.8. The monoisotopic (exact) mass is 330 g/mol. The Labute approximate surface area is 140 Å². The van der Waals surface area contributed by atoms with Crippen LogP contribution in [0.4, 0.5) is 9.59 Å². The highest BCUT2D eigenvalue weighted by atomic mass is 16.6. The van der Waals surface area contributed by atoms with Gasteiger partial charge in [-0.3, -0.25) is 0 Å². The van der Waals surface area contributed by atoms with E-state index in [-0.39, 0.29) is 18.2 Å². The average molecular weight is 330 g/mol. The van der Waals surface area contributed by atoms with Crippen LogP contribution in [0.1, 0.15) is 60.8 Å². The third-order valence-electron chi connectivity index (χ3n) is 3.13. The van der Waals surface area contributed by atoms with Gasteiger partial charge in [-0.15, -0.1) is 0 Å². The van der Waals surface area contributed by atoms with E-state index in [1.54, 1.807) is 4.90 Å². The molecule has 0 unspecified atom stereocenters. The Morgan fingerprint density at radius 1 is 1.13 bits per heavy atom. The second kappa shape index (κ2) is 11.1. The van der Waals surface area contributed by atoms with E-state index in [0.717, 1.165) is 12.8 Å². The van der Waals surface area contributed by atoms with E-state index in [1.165, 1.54) is 0 Å². The van der Waals surface area contributed by atoms with Gasteiger partial charge in [0.25, 0.3) is 0 Å². The molecule has 23 heavy (non-hydrogen) atoms. The molecule has 0 fully saturated rings. The Kier molecular flexibility index (Phi) is 10.4. The molecule has 0 bridgehead atoms. The minimum absolute atomic E-state index is 0.259. The number of alkyl carbamates (subject to hydrolysis) is 1. The van der Waals surface area contributed by atoms with Crippen molar-refractivity contribution in [2.24, 2.45) is 5.92 Å². The molecule has 0 heterocycles. The molecule has 0 saturated carbocycles. The summed E-state index contributed by atoms with van der Waals surface area (Å²) >= 11 is 0. The number of rotatable bonds is 9. The summed E-state index contributed by atoms with van der Waals surface area (Å²) in [7, 11) is 0. The molecule has 0 aromatic heterocycles. The highest BCUT2D eigenvalue weighted by molar-refractivity contribution is 5.68. The maximum atomic E-state index is 12.2. The third-order valence-corrected chi connectivity index (χ3v) is 3.13. The van der Waals surface area contributed by atoms with E-state index < -0.39 is 6.09 Å². The molecular formula is C17H34N2O4. The maximum Gasteiger partial charge on any atom is 0.410 e. The van der Waals surface area contributed by atoms with Crippen LogP contribution >= 0.6 is 0 Å². The van der Waals surface area contributed by atoms with Crippen molar-refractivity contribution in [3.63, 3.8) is 0 Å². The highest BCUT2D eigenvalue weighted by Gasteiger charge is 2.26. The van der Waals surface area contributed by atoms with E-state index in [4.69, 9.17) is 9.47 Å². The number of carbonyl (C=O) groups excluding carboxylic acids is 2. The summed E-state index contributed by atoms with van der Waals surface area (Å²) in [6, 6.07) is 0. The molecule has 6 heteroatoms. The predicted molar refractivity (Wildman–Crippen MR) is 91.5 cm³/mol. The largest absolute Gasteiger partial charge is 0.449 e. The van der Waals surface area contributed by atoms with Crippen LogP contribution in [0.15, 0.2) is 0 Å². The number of nitrogens with zero attached hydrogens (tertiary/aromatic N) is 1. The number of amides is 2. The van der Waals surface area contributed by atoms with Crippen molar-refractivity contribution in [1.82, 2.24) is 10.2 Å². The molecule has 2 amide bonds. The van der Waals surface area contributed by atoms with Crippen LogP contribution in [0.25, 0.3) is 0 Å². The van der Waals surface area contributed by atoms with Gasteiger partial charge in [0.2, 0.25) is 0 Å². The predicted octanol–water partition coefficient (Wildman–Crippen LogP) is 3.80. The zero-order valence-electron chi connectivity index (χ0n) is 15.6. The van der Waals surface area contributed by atoms with Gasteiger partial charge in [-0.2, -0.15) is 0 Å². The van der Waals surface area contributed by atoms with E-state index in [2.05, 4.69) is 12.2 Å². The van der Waals surface area contributed by atoms with Crippen molar-refractivity contribution in [3.05, 3.63) is 0 Å². The molecule has 0 radical (unpaired) electrons. The lowest BCUT2D eigenvalue weighted by Gasteiger charge is -2.34. The first kappa shape index (κ1) is 21.5. The Morgan fingerprint density at radius 2 is 1.78 bits per heavy atom. The summed E-state index contributed by atoms with van der Waals surface area (Å²) in [6.07, 6.45) is 1.82. The van der Waals surface area contributed by atoms with Gasteiger partial charge >= 0.3 is 12.2 Å². The molecule has 0 rings (SSSR count). The summed E-state index contributed by atoms with van der Waals surface area (Å²) in [5.41, 5.74) is -0.259. The van der Waals surface area contributed by atoms with E-state index in [9.17, 15) is 9.59 Å². The van der Waals surface area contributed by atoms with Crippen LogP contribution in [-0.2, 0) is 9.47 Å². The van der Waals surface area contributed by atoms with Crippen molar-refractivity contribution < 1.29 is 19.1 Å². The molecule has 0 atom stereocenters.